The SMILES string of the molecule is CSc1c(C(=O)O)ccc(C)c1F. The molecular formula is C9H9FO2S. The molecule has 1 N–H and O–H groups in total. The molecule has 1 rings (SSSR count). The van der Waals surface area contributed by atoms with Crippen molar-refractivity contribution in [1.29, 1.82) is 0 Å². The van der Waals surface area contributed by atoms with Crippen molar-refractivity contribution in [3.8, 4) is 0 Å². The summed E-state index contributed by atoms with van der Waals surface area (Å²) in [6, 6.07) is 2.89. The number of aryl methyl sites for hydroxylation is 1. The molecule has 0 aliphatic carbocycles. The molecule has 0 heterocycles. The number of carboxylic acids is 1. The number of benzene rings is 1. The fourth-order valence-electron chi connectivity index (χ4n) is 1.02. The Bertz CT molecular complexity index is 350. The minimum absolute atomic E-state index is 0.0237. The lowest BCUT2D eigenvalue weighted by Crippen LogP contribution is -2.01. The second kappa shape index (κ2) is 3.79. The van der Waals surface area contributed by atoms with Gasteiger partial charge >= 0.3 is 5.97 Å². The van der Waals surface area contributed by atoms with Crippen LogP contribution in [0.4, 0.5) is 4.39 Å². The number of carbonyl (C=O) groups is 1. The Labute approximate surface area is 79.8 Å². The standard InChI is InChI=1S/C9H9FO2S/c1-5-3-4-6(9(11)12)8(13-2)7(5)10/h3-4H,1-2H3,(H,11,12). The summed E-state index contributed by atoms with van der Waals surface area (Å²) in [7, 11) is 0. The molecule has 0 aromatic heterocycles. The average Bonchev–Trinajstić information content (AvgIpc) is 2.09. The normalized spacial score (nSPS) is 10.1. The molecule has 0 saturated heterocycles. The highest BCUT2D eigenvalue weighted by molar-refractivity contribution is 7.98. The molecule has 0 aliphatic rings. The van der Waals surface area contributed by atoms with Crippen LogP contribution in [0, 0.1) is 12.7 Å². The van der Waals surface area contributed by atoms with Crippen molar-refractivity contribution in [2.45, 2.75) is 11.8 Å². The van der Waals surface area contributed by atoms with Crippen LogP contribution >= 0.6 is 11.8 Å². The minimum atomic E-state index is -1.09. The van der Waals surface area contributed by atoms with Crippen LogP contribution in [-0.2, 0) is 0 Å². The van der Waals surface area contributed by atoms with E-state index in [1.165, 1.54) is 12.1 Å². The van der Waals surface area contributed by atoms with E-state index in [-0.39, 0.29) is 10.5 Å². The summed E-state index contributed by atoms with van der Waals surface area (Å²) < 4.78 is 13.3. The van der Waals surface area contributed by atoms with E-state index in [4.69, 9.17) is 5.11 Å². The first kappa shape index (κ1) is 10.1. The van der Waals surface area contributed by atoms with Crippen LogP contribution in [0.15, 0.2) is 17.0 Å². The van der Waals surface area contributed by atoms with Gasteiger partial charge in [-0.1, -0.05) is 6.07 Å². The predicted molar refractivity (Wildman–Crippen MR) is 49.9 cm³/mol. The van der Waals surface area contributed by atoms with Gasteiger partial charge in [-0.15, -0.1) is 11.8 Å². The third kappa shape index (κ3) is 1.83. The van der Waals surface area contributed by atoms with E-state index in [9.17, 15) is 9.18 Å². The molecule has 0 unspecified atom stereocenters. The van der Waals surface area contributed by atoms with Crippen LogP contribution in [0.3, 0.4) is 0 Å². The van der Waals surface area contributed by atoms with Crippen LogP contribution in [-0.4, -0.2) is 17.3 Å². The number of hydrogen-bond donors (Lipinski definition) is 1. The monoisotopic (exact) mass is 200 g/mol. The molecule has 13 heavy (non-hydrogen) atoms. The van der Waals surface area contributed by atoms with E-state index in [1.807, 2.05) is 0 Å². The van der Waals surface area contributed by atoms with Crippen molar-refractivity contribution in [2.24, 2.45) is 0 Å². The van der Waals surface area contributed by atoms with Crippen molar-refractivity contribution in [2.75, 3.05) is 6.26 Å². The van der Waals surface area contributed by atoms with Crippen LogP contribution in [0.25, 0.3) is 0 Å². The van der Waals surface area contributed by atoms with E-state index in [2.05, 4.69) is 0 Å². The smallest absolute Gasteiger partial charge is 0.336 e. The molecule has 1 aromatic rings. The van der Waals surface area contributed by atoms with Crippen molar-refractivity contribution < 1.29 is 14.3 Å². The van der Waals surface area contributed by atoms with Crippen LogP contribution in [0.1, 0.15) is 15.9 Å². The Morgan fingerprint density at radius 2 is 2.15 bits per heavy atom. The summed E-state index contributed by atoms with van der Waals surface area (Å²) in [6.07, 6.45) is 1.66. The summed E-state index contributed by atoms with van der Waals surface area (Å²) >= 11 is 1.11. The topological polar surface area (TPSA) is 37.3 Å². The Morgan fingerprint density at radius 1 is 1.54 bits per heavy atom. The summed E-state index contributed by atoms with van der Waals surface area (Å²) in [6.45, 7) is 1.61. The molecule has 0 aliphatic heterocycles. The van der Waals surface area contributed by atoms with E-state index in [0.717, 1.165) is 11.8 Å². The summed E-state index contributed by atoms with van der Waals surface area (Å²) in [5.41, 5.74) is 0.491. The second-order valence-corrected chi connectivity index (χ2v) is 3.40. The minimum Gasteiger partial charge on any atom is -0.478 e. The van der Waals surface area contributed by atoms with Gasteiger partial charge in [-0.05, 0) is 24.8 Å². The van der Waals surface area contributed by atoms with Crippen LogP contribution in [0.5, 0.6) is 0 Å². The predicted octanol–water partition coefficient (Wildman–Crippen LogP) is 2.55. The highest BCUT2D eigenvalue weighted by Gasteiger charge is 2.14. The lowest BCUT2D eigenvalue weighted by Gasteiger charge is -2.05. The number of rotatable bonds is 2. The molecule has 0 bridgehead atoms. The first-order valence-corrected chi connectivity index (χ1v) is 4.86. The lowest BCUT2D eigenvalue weighted by molar-refractivity contribution is 0.0692. The maximum atomic E-state index is 13.3. The second-order valence-electron chi connectivity index (χ2n) is 2.58. The number of thioether (sulfide) groups is 1. The van der Waals surface area contributed by atoms with Gasteiger partial charge < -0.3 is 5.11 Å². The maximum Gasteiger partial charge on any atom is 0.336 e. The fourth-order valence-corrected chi connectivity index (χ4v) is 1.74. The average molecular weight is 200 g/mol. The van der Waals surface area contributed by atoms with Crippen LogP contribution in [0.2, 0.25) is 0 Å². The zero-order valence-electron chi connectivity index (χ0n) is 7.30. The Hall–Kier alpha value is -1.03. The van der Waals surface area contributed by atoms with Gasteiger partial charge in [0.2, 0.25) is 0 Å². The number of hydrogen-bond acceptors (Lipinski definition) is 2. The highest BCUT2D eigenvalue weighted by Crippen LogP contribution is 2.26. The number of halogens is 1. The molecule has 0 radical (unpaired) electrons. The fraction of sp³-hybridized carbons (Fsp3) is 0.222. The Kier molecular flexibility index (Phi) is 2.93. The van der Waals surface area contributed by atoms with Gasteiger partial charge in [-0.25, -0.2) is 9.18 Å². The van der Waals surface area contributed by atoms with Crippen molar-refractivity contribution in [3.63, 3.8) is 0 Å². The highest BCUT2D eigenvalue weighted by atomic mass is 32.2. The van der Waals surface area contributed by atoms with Gasteiger partial charge in [0, 0.05) is 0 Å². The summed E-state index contributed by atoms with van der Waals surface area (Å²) in [4.78, 5) is 10.9. The summed E-state index contributed by atoms with van der Waals surface area (Å²) in [5, 5.41) is 8.73. The largest absolute Gasteiger partial charge is 0.478 e. The zero-order chi connectivity index (χ0) is 10.0. The molecule has 4 heteroatoms. The molecule has 0 atom stereocenters. The first-order valence-electron chi connectivity index (χ1n) is 3.64. The van der Waals surface area contributed by atoms with Crippen molar-refractivity contribution in [3.05, 3.63) is 29.1 Å². The van der Waals surface area contributed by atoms with Gasteiger partial charge in [-0.3, -0.25) is 0 Å². The van der Waals surface area contributed by atoms with Gasteiger partial charge in [0.25, 0.3) is 0 Å². The van der Waals surface area contributed by atoms with Crippen molar-refractivity contribution in [1.82, 2.24) is 0 Å². The third-order valence-corrected chi connectivity index (χ3v) is 2.53. The molecule has 0 spiro atoms. The molecule has 1 aromatic carbocycles. The van der Waals surface area contributed by atoms with Crippen LogP contribution < -0.4 is 0 Å². The van der Waals surface area contributed by atoms with Gasteiger partial charge in [0.15, 0.2) is 0 Å². The lowest BCUT2D eigenvalue weighted by atomic mass is 10.1. The van der Waals surface area contributed by atoms with Gasteiger partial charge in [-0.2, -0.15) is 0 Å². The van der Waals surface area contributed by atoms with E-state index < -0.39 is 11.8 Å². The Morgan fingerprint density at radius 3 is 2.62 bits per heavy atom. The number of aromatic carboxylic acids is 1. The zero-order valence-corrected chi connectivity index (χ0v) is 8.11. The molecule has 70 valence electrons. The maximum absolute atomic E-state index is 13.3. The van der Waals surface area contributed by atoms with E-state index in [0.29, 0.717) is 5.56 Å². The molecule has 2 nitrogen and oxygen atoms in total. The molecule has 0 saturated carbocycles. The molecular weight excluding hydrogens is 191 g/mol. The third-order valence-electron chi connectivity index (χ3n) is 1.72. The first-order chi connectivity index (χ1) is 6.07. The van der Waals surface area contributed by atoms with Gasteiger partial charge in [0.1, 0.15) is 5.82 Å². The quantitative estimate of drug-likeness (QED) is 0.745. The van der Waals surface area contributed by atoms with E-state index in [1.54, 1.807) is 13.2 Å². The number of carboxylic acid groups (broad SMARTS) is 1. The molecule has 0 fully saturated rings. The van der Waals surface area contributed by atoms with Crippen molar-refractivity contribution >= 4 is 17.7 Å². The van der Waals surface area contributed by atoms with Gasteiger partial charge in [0.05, 0.1) is 10.5 Å². The molecule has 0 amide bonds. The summed E-state index contributed by atoms with van der Waals surface area (Å²) in [5.74, 6) is -1.53. The Balaban J connectivity index is 3.38. The van der Waals surface area contributed by atoms with E-state index >= 15 is 0 Å².